The first-order chi connectivity index (χ1) is 17.3. The van der Waals surface area contributed by atoms with E-state index < -0.39 is 10.9 Å². The van der Waals surface area contributed by atoms with E-state index in [-0.39, 0.29) is 11.8 Å². The zero-order valence-corrected chi connectivity index (χ0v) is 21.8. The summed E-state index contributed by atoms with van der Waals surface area (Å²) in [6.07, 6.45) is 3.07. The molecule has 0 bridgehead atoms. The molecule has 11 heteroatoms. The van der Waals surface area contributed by atoms with Crippen molar-refractivity contribution in [3.63, 3.8) is 0 Å². The molecule has 192 valence electrons. The third-order valence-corrected chi connectivity index (χ3v) is 6.63. The van der Waals surface area contributed by atoms with Gasteiger partial charge in [-0.3, -0.25) is 19.4 Å². The molecule has 1 fully saturated rings. The maximum atomic E-state index is 13.2. The van der Waals surface area contributed by atoms with Crippen molar-refractivity contribution in [2.24, 2.45) is 5.92 Å². The van der Waals surface area contributed by atoms with E-state index in [4.69, 9.17) is 27.9 Å². The molecule has 2 aromatic heterocycles. The van der Waals surface area contributed by atoms with E-state index in [2.05, 4.69) is 25.9 Å². The van der Waals surface area contributed by atoms with Gasteiger partial charge in [0, 0.05) is 35.6 Å². The van der Waals surface area contributed by atoms with Gasteiger partial charge >= 0.3 is 0 Å². The first kappa shape index (κ1) is 26.2. The number of anilines is 1. The highest BCUT2D eigenvalue weighted by atomic mass is 35.5. The molecule has 1 aliphatic rings. The van der Waals surface area contributed by atoms with Gasteiger partial charge in [-0.15, -0.1) is 23.2 Å². The number of hydrogen-bond acceptors (Lipinski definition) is 5. The number of aromatic amines is 1. The SMILES string of the molecule is Cc1n[nH]c(C)c1-c1ccc(NC(=O)[C@H](CCCC(Cl)Cl)NC(=O)c2ccnn2CC2COC2)cc1. The molecule has 36 heavy (non-hydrogen) atoms. The second kappa shape index (κ2) is 11.9. The van der Waals surface area contributed by atoms with Crippen LogP contribution in [0.3, 0.4) is 0 Å². The number of aromatic nitrogens is 4. The van der Waals surface area contributed by atoms with Crippen LogP contribution in [-0.4, -0.2) is 55.9 Å². The van der Waals surface area contributed by atoms with Crippen LogP contribution in [0.1, 0.15) is 41.1 Å². The minimum Gasteiger partial charge on any atom is -0.381 e. The topological polar surface area (TPSA) is 114 Å². The van der Waals surface area contributed by atoms with E-state index in [1.165, 1.54) is 0 Å². The number of nitrogens with zero attached hydrogens (tertiary/aromatic N) is 3. The van der Waals surface area contributed by atoms with Crippen LogP contribution in [0.25, 0.3) is 11.1 Å². The van der Waals surface area contributed by atoms with Gasteiger partial charge in [-0.05, 0) is 56.9 Å². The molecule has 1 aromatic carbocycles. The van der Waals surface area contributed by atoms with Gasteiger partial charge in [0.15, 0.2) is 0 Å². The van der Waals surface area contributed by atoms with Crippen molar-refractivity contribution in [2.75, 3.05) is 18.5 Å². The van der Waals surface area contributed by atoms with Gasteiger partial charge in [-0.25, -0.2) is 0 Å². The molecule has 9 nitrogen and oxygen atoms in total. The molecular weight excluding hydrogens is 503 g/mol. The Morgan fingerprint density at radius 2 is 1.92 bits per heavy atom. The first-order valence-corrected chi connectivity index (χ1v) is 12.8. The summed E-state index contributed by atoms with van der Waals surface area (Å²) in [4.78, 5) is 25.7. The summed E-state index contributed by atoms with van der Waals surface area (Å²) in [5.41, 5.74) is 4.97. The molecule has 1 aliphatic heterocycles. The summed E-state index contributed by atoms with van der Waals surface area (Å²) >= 11 is 11.7. The predicted molar refractivity (Wildman–Crippen MR) is 139 cm³/mol. The van der Waals surface area contributed by atoms with Crippen LogP contribution < -0.4 is 10.6 Å². The second-order valence-corrected chi connectivity index (χ2v) is 10.3. The fourth-order valence-electron chi connectivity index (χ4n) is 4.21. The van der Waals surface area contributed by atoms with Crippen LogP contribution in [0.2, 0.25) is 0 Å². The number of hydrogen-bond donors (Lipinski definition) is 3. The summed E-state index contributed by atoms with van der Waals surface area (Å²) in [7, 11) is 0. The number of aryl methyl sites for hydroxylation is 2. The quantitative estimate of drug-likeness (QED) is 0.319. The third-order valence-electron chi connectivity index (χ3n) is 6.19. The lowest BCUT2D eigenvalue weighted by molar-refractivity contribution is -0.118. The molecule has 0 spiro atoms. The van der Waals surface area contributed by atoms with Crippen LogP contribution in [0.4, 0.5) is 5.69 Å². The third kappa shape index (κ3) is 6.46. The number of carbonyl (C=O) groups excluding carboxylic acids is 2. The maximum absolute atomic E-state index is 13.2. The van der Waals surface area contributed by atoms with Crippen molar-refractivity contribution in [1.29, 1.82) is 0 Å². The Hall–Kier alpha value is -2.88. The number of benzene rings is 1. The fraction of sp³-hybridized carbons (Fsp3) is 0.440. The van der Waals surface area contributed by atoms with Gasteiger partial charge in [0.2, 0.25) is 5.91 Å². The zero-order chi connectivity index (χ0) is 25.7. The number of alkyl halides is 2. The molecule has 1 saturated heterocycles. The van der Waals surface area contributed by atoms with E-state index in [1.54, 1.807) is 16.9 Å². The zero-order valence-electron chi connectivity index (χ0n) is 20.3. The minimum atomic E-state index is -0.766. The lowest BCUT2D eigenvalue weighted by atomic mass is 10.0. The van der Waals surface area contributed by atoms with Gasteiger partial charge < -0.3 is 15.4 Å². The first-order valence-electron chi connectivity index (χ1n) is 11.9. The summed E-state index contributed by atoms with van der Waals surface area (Å²) in [6.45, 7) is 5.82. The Balaban J connectivity index is 1.44. The summed E-state index contributed by atoms with van der Waals surface area (Å²) in [5.74, 6) is -0.342. The lowest BCUT2D eigenvalue weighted by Gasteiger charge is -2.26. The number of ether oxygens (including phenoxy) is 1. The minimum absolute atomic E-state index is 0.314. The lowest BCUT2D eigenvalue weighted by Crippen LogP contribution is -2.44. The van der Waals surface area contributed by atoms with E-state index in [0.29, 0.717) is 56.3 Å². The molecule has 3 N–H and O–H groups in total. The fourth-order valence-corrected chi connectivity index (χ4v) is 4.52. The summed E-state index contributed by atoms with van der Waals surface area (Å²) in [5, 5.41) is 17.3. The van der Waals surface area contributed by atoms with Crippen LogP contribution in [0.15, 0.2) is 36.5 Å². The van der Waals surface area contributed by atoms with E-state index >= 15 is 0 Å². The largest absolute Gasteiger partial charge is 0.381 e. The van der Waals surface area contributed by atoms with Crippen LogP contribution in [-0.2, 0) is 16.1 Å². The average molecular weight is 533 g/mol. The number of rotatable bonds is 11. The van der Waals surface area contributed by atoms with Gasteiger partial charge in [0.1, 0.15) is 16.6 Å². The molecule has 0 saturated carbocycles. The smallest absolute Gasteiger partial charge is 0.270 e. The monoisotopic (exact) mass is 532 g/mol. The van der Waals surface area contributed by atoms with Crippen molar-refractivity contribution in [1.82, 2.24) is 25.3 Å². The molecular formula is C25H30Cl2N6O3. The van der Waals surface area contributed by atoms with Crippen molar-refractivity contribution >= 4 is 40.7 Å². The summed E-state index contributed by atoms with van der Waals surface area (Å²) in [6, 6.07) is 8.42. The van der Waals surface area contributed by atoms with Crippen molar-refractivity contribution in [3.05, 3.63) is 53.6 Å². The molecule has 1 atom stereocenters. The van der Waals surface area contributed by atoms with Gasteiger partial charge in [-0.1, -0.05) is 12.1 Å². The average Bonchev–Trinajstić information content (AvgIpc) is 3.42. The van der Waals surface area contributed by atoms with Gasteiger partial charge in [0.05, 0.1) is 18.9 Å². The number of H-pyrrole nitrogens is 1. The highest BCUT2D eigenvalue weighted by Crippen LogP contribution is 2.26. The van der Waals surface area contributed by atoms with E-state index in [1.807, 2.05) is 38.1 Å². The Bertz CT molecular complexity index is 1170. The Morgan fingerprint density at radius 1 is 1.17 bits per heavy atom. The highest BCUT2D eigenvalue weighted by molar-refractivity contribution is 6.44. The van der Waals surface area contributed by atoms with Crippen LogP contribution in [0, 0.1) is 19.8 Å². The Labute approximate surface area is 219 Å². The van der Waals surface area contributed by atoms with Crippen LogP contribution >= 0.6 is 23.2 Å². The molecule has 3 heterocycles. The molecule has 0 radical (unpaired) electrons. The number of carbonyl (C=O) groups is 2. The number of nitrogens with one attached hydrogen (secondary N) is 3. The second-order valence-electron chi connectivity index (χ2n) is 9.03. The van der Waals surface area contributed by atoms with E-state index in [0.717, 1.165) is 22.5 Å². The van der Waals surface area contributed by atoms with Crippen molar-refractivity contribution < 1.29 is 14.3 Å². The molecule has 2 amide bonds. The standard InChI is InChI=1S/C25H30Cl2N6O3/c1-15-23(16(2)32-31-15)18-6-8-19(9-7-18)29-24(34)20(4-3-5-22(26)27)30-25(35)21-10-11-28-33(21)12-17-13-36-14-17/h6-11,17,20,22H,3-5,12-14H2,1-2H3,(H,29,34)(H,30,35)(H,31,32)/t20-/m0/s1. The van der Waals surface area contributed by atoms with Gasteiger partial charge in [-0.2, -0.15) is 10.2 Å². The molecule has 4 rings (SSSR count). The van der Waals surface area contributed by atoms with Crippen molar-refractivity contribution in [3.8, 4) is 11.1 Å². The highest BCUT2D eigenvalue weighted by Gasteiger charge is 2.26. The normalized spacial score (nSPS) is 14.5. The van der Waals surface area contributed by atoms with Crippen LogP contribution in [0.5, 0.6) is 0 Å². The molecule has 0 aliphatic carbocycles. The predicted octanol–water partition coefficient (Wildman–Crippen LogP) is 4.25. The summed E-state index contributed by atoms with van der Waals surface area (Å²) < 4.78 is 6.88. The Morgan fingerprint density at radius 3 is 2.53 bits per heavy atom. The maximum Gasteiger partial charge on any atom is 0.270 e. The van der Waals surface area contributed by atoms with Gasteiger partial charge in [0.25, 0.3) is 5.91 Å². The Kier molecular flexibility index (Phi) is 8.66. The number of halogens is 2. The van der Waals surface area contributed by atoms with E-state index in [9.17, 15) is 9.59 Å². The van der Waals surface area contributed by atoms with Crippen molar-refractivity contribution in [2.45, 2.75) is 50.5 Å². The molecule has 3 aromatic rings. The molecule has 0 unspecified atom stereocenters. The number of amides is 2.